The third kappa shape index (κ3) is 6.55. The first-order valence-electron chi connectivity index (χ1n) is 21.5. The van der Waals surface area contributed by atoms with Gasteiger partial charge in [-0.15, -0.1) is 0 Å². The van der Waals surface area contributed by atoms with Crippen LogP contribution in [0.1, 0.15) is 0 Å². The van der Waals surface area contributed by atoms with Crippen LogP contribution in [0.2, 0.25) is 0 Å². The highest BCUT2D eigenvalue weighted by atomic mass is 16.3. The fraction of sp³-hybridized carbons (Fsp3) is 0. The van der Waals surface area contributed by atoms with Gasteiger partial charge < -0.3 is 13.9 Å². The standard InChI is InChI=1S/C60H40N2O/c1-4-12-41(13-5-1)43-20-22-44(23-21-43)45-24-30-50(31-25-45)61(52-34-36-55-54-35-28-48(42-14-6-2-7-15-42)39-59(54)63-60(55)40-52)51-32-26-46(27-33-51)47-29-37-58-56(38-47)53-18-10-11-19-57(53)62(58)49-16-8-3-9-17-49/h1-40H. The Morgan fingerprint density at radius 1 is 0.270 bits per heavy atom. The molecule has 0 aliphatic carbocycles. The Morgan fingerprint density at radius 2 is 0.683 bits per heavy atom. The molecule has 3 heteroatoms. The lowest BCUT2D eigenvalue weighted by atomic mass is 10.00. The number of anilines is 3. The maximum absolute atomic E-state index is 6.64. The number of nitrogens with zero attached hydrogens (tertiary/aromatic N) is 2. The minimum absolute atomic E-state index is 0.854. The van der Waals surface area contributed by atoms with Gasteiger partial charge >= 0.3 is 0 Å². The molecule has 12 rings (SSSR count). The second-order valence-corrected chi connectivity index (χ2v) is 16.2. The molecular weight excluding hydrogens is 765 g/mol. The van der Waals surface area contributed by atoms with Crippen molar-refractivity contribution in [3.8, 4) is 50.2 Å². The SMILES string of the molecule is c1ccc(-c2ccc(-c3ccc(N(c4ccc(-c5ccc6c(c5)c5ccccc5n6-c5ccccc5)cc4)c4ccc5c(c4)oc4cc(-c6ccccc6)ccc45)cc3)cc2)cc1. The topological polar surface area (TPSA) is 21.3 Å². The van der Waals surface area contributed by atoms with Gasteiger partial charge in [-0.1, -0.05) is 158 Å². The van der Waals surface area contributed by atoms with E-state index in [2.05, 4.69) is 246 Å². The Morgan fingerprint density at radius 3 is 1.32 bits per heavy atom. The summed E-state index contributed by atoms with van der Waals surface area (Å²) in [5.41, 5.74) is 17.9. The van der Waals surface area contributed by atoms with E-state index in [-0.39, 0.29) is 0 Å². The number of benzene rings is 10. The summed E-state index contributed by atoms with van der Waals surface area (Å²) >= 11 is 0. The first-order valence-corrected chi connectivity index (χ1v) is 21.5. The number of hydrogen-bond donors (Lipinski definition) is 0. The number of furan rings is 1. The number of hydrogen-bond acceptors (Lipinski definition) is 2. The van der Waals surface area contributed by atoms with Crippen LogP contribution >= 0.6 is 0 Å². The second kappa shape index (κ2) is 15.3. The summed E-state index contributed by atoms with van der Waals surface area (Å²) in [7, 11) is 0. The summed E-state index contributed by atoms with van der Waals surface area (Å²) < 4.78 is 9.00. The summed E-state index contributed by atoms with van der Waals surface area (Å²) in [6, 6.07) is 87.0. The Kier molecular flexibility index (Phi) is 8.83. The van der Waals surface area contributed by atoms with E-state index in [1.807, 2.05) is 6.07 Å². The van der Waals surface area contributed by atoms with Crippen LogP contribution in [-0.4, -0.2) is 4.57 Å². The van der Waals surface area contributed by atoms with Crippen LogP contribution in [0.5, 0.6) is 0 Å². The molecule has 12 aromatic rings. The van der Waals surface area contributed by atoms with Crippen molar-refractivity contribution in [2.24, 2.45) is 0 Å². The molecule has 0 amide bonds. The first-order chi connectivity index (χ1) is 31.2. The average molecular weight is 805 g/mol. The molecule has 0 atom stereocenters. The molecule has 0 saturated carbocycles. The highest BCUT2D eigenvalue weighted by Gasteiger charge is 2.18. The van der Waals surface area contributed by atoms with Crippen molar-refractivity contribution in [3.05, 3.63) is 243 Å². The molecule has 2 aromatic heterocycles. The van der Waals surface area contributed by atoms with Crippen LogP contribution < -0.4 is 4.90 Å². The van der Waals surface area contributed by atoms with Crippen LogP contribution in [-0.2, 0) is 0 Å². The molecule has 0 N–H and O–H groups in total. The van der Waals surface area contributed by atoms with Gasteiger partial charge in [0.05, 0.1) is 11.0 Å². The van der Waals surface area contributed by atoms with Gasteiger partial charge in [0, 0.05) is 50.4 Å². The van der Waals surface area contributed by atoms with E-state index < -0.39 is 0 Å². The van der Waals surface area contributed by atoms with E-state index in [1.54, 1.807) is 0 Å². The monoisotopic (exact) mass is 804 g/mol. The van der Waals surface area contributed by atoms with E-state index in [9.17, 15) is 0 Å². The maximum Gasteiger partial charge on any atom is 0.137 e. The van der Waals surface area contributed by atoms with E-state index >= 15 is 0 Å². The van der Waals surface area contributed by atoms with Crippen molar-refractivity contribution in [1.82, 2.24) is 4.57 Å². The van der Waals surface area contributed by atoms with Crippen LogP contribution in [0.15, 0.2) is 247 Å². The van der Waals surface area contributed by atoms with Gasteiger partial charge in [-0.3, -0.25) is 0 Å². The molecule has 0 unspecified atom stereocenters. The van der Waals surface area contributed by atoms with Crippen LogP contribution in [0, 0.1) is 0 Å². The predicted octanol–water partition coefficient (Wildman–Crippen LogP) is 16.8. The minimum atomic E-state index is 0.854. The summed E-state index contributed by atoms with van der Waals surface area (Å²) in [5.74, 6) is 0. The number of rotatable bonds is 8. The highest BCUT2D eigenvalue weighted by molar-refractivity contribution is 6.11. The van der Waals surface area contributed by atoms with Crippen LogP contribution in [0.3, 0.4) is 0 Å². The average Bonchev–Trinajstić information content (AvgIpc) is 3.90. The molecule has 0 aliphatic rings. The molecule has 2 heterocycles. The summed E-state index contributed by atoms with van der Waals surface area (Å²) in [6.45, 7) is 0. The normalized spacial score (nSPS) is 11.5. The largest absolute Gasteiger partial charge is 0.456 e. The number of fused-ring (bicyclic) bond motifs is 6. The molecule has 0 radical (unpaired) electrons. The molecule has 10 aromatic carbocycles. The molecule has 0 aliphatic heterocycles. The Labute approximate surface area is 366 Å². The summed E-state index contributed by atoms with van der Waals surface area (Å²) in [5, 5.41) is 4.69. The molecular formula is C60H40N2O. The van der Waals surface area contributed by atoms with E-state index in [4.69, 9.17) is 4.42 Å². The molecule has 0 saturated heterocycles. The lowest BCUT2D eigenvalue weighted by Crippen LogP contribution is -2.09. The first kappa shape index (κ1) is 36.5. The smallest absolute Gasteiger partial charge is 0.137 e. The van der Waals surface area contributed by atoms with Crippen molar-refractivity contribution in [1.29, 1.82) is 0 Å². The van der Waals surface area contributed by atoms with Gasteiger partial charge in [-0.25, -0.2) is 0 Å². The second-order valence-electron chi connectivity index (χ2n) is 16.2. The number of aromatic nitrogens is 1. The lowest BCUT2D eigenvalue weighted by Gasteiger charge is -2.26. The van der Waals surface area contributed by atoms with Gasteiger partial charge in [0.1, 0.15) is 11.2 Å². The predicted molar refractivity (Wildman–Crippen MR) is 264 cm³/mol. The van der Waals surface area contributed by atoms with Crippen molar-refractivity contribution >= 4 is 60.8 Å². The maximum atomic E-state index is 6.64. The van der Waals surface area contributed by atoms with Crippen LogP contribution in [0.25, 0.3) is 93.9 Å². The Hall–Kier alpha value is -8.40. The molecule has 0 bridgehead atoms. The minimum Gasteiger partial charge on any atom is -0.456 e. The van der Waals surface area contributed by atoms with Gasteiger partial charge in [0.25, 0.3) is 0 Å². The fourth-order valence-corrected chi connectivity index (χ4v) is 9.26. The molecule has 3 nitrogen and oxygen atoms in total. The zero-order valence-corrected chi connectivity index (χ0v) is 34.4. The fourth-order valence-electron chi connectivity index (χ4n) is 9.26. The lowest BCUT2D eigenvalue weighted by molar-refractivity contribution is 0.669. The molecule has 63 heavy (non-hydrogen) atoms. The Balaban J connectivity index is 0.930. The van der Waals surface area contributed by atoms with Gasteiger partial charge in [0.15, 0.2) is 0 Å². The third-order valence-corrected chi connectivity index (χ3v) is 12.4. The third-order valence-electron chi connectivity index (χ3n) is 12.4. The van der Waals surface area contributed by atoms with E-state index in [0.717, 1.165) is 55.8 Å². The van der Waals surface area contributed by atoms with Crippen LogP contribution in [0.4, 0.5) is 17.1 Å². The van der Waals surface area contributed by atoms with Gasteiger partial charge in [-0.2, -0.15) is 0 Å². The van der Waals surface area contributed by atoms with Crippen molar-refractivity contribution in [3.63, 3.8) is 0 Å². The Bertz CT molecular complexity index is 3570. The zero-order chi connectivity index (χ0) is 41.7. The van der Waals surface area contributed by atoms with Crippen molar-refractivity contribution < 1.29 is 4.42 Å². The quantitative estimate of drug-likeness (QED) is 0.153. The molecule has 296 valence electrons. The van der Waals surface area contributed by atoms with E-state index in [0.29, 0.717) is 0 Å². The van der Waals surface area contributed by atoms with Crippen molar-refractivity contribution in [2.75, 3.05) is 4.90 Å². The summed E-state index contributed by atoms with van der Waals surface area (Å²) in [6.07, 6.45) is 0. The van der Waals surface area contributed by atoms with Gasteiger partial charge in [-0.05, 0) is 123 Å². The molecule has 0 spiro atoms. The molecule has 0 fully saturated rings. The van der Waals surface area contributed by atoms with E-state index in [1.165, 1.54) is 55.2 Å². The zero-order valence-electron chi connectivity index (χ0n) is 34.4. The summed E-state index contributed by atoms with van der Waals surface area (Å²) in [4.78, 5) is 2.32. The van der Waals surface area contributed by atoms with Crippen molar-refractivity contribution in [2.45, 2.75) is 0 Å². The highest BCUT2D eigenvalue weighted by Crippen LogP contribution is 2.41. The van der Waals surface area contributed by atoms with Gasteiger partial charge in [0.2, 0.25) is 0 Å². The number of para-hydroxylation sites is 2.